The predicted molar refractivity (Wildman–Crippen MR) is 67.8 cm³/mol. The second kappa shape index (κ2) is 5.65. The second-order valence-corrected chi connectivity index (χ2v) is 4.64. The summed E-state index contributed by atoms with van der Waals surface area (Å²) in [5, 5.41) is 7.96. The van der Waals surface area contributed by atoms with Gasteiger partial charge in [-0.2, -0.15) is 5.10 Å². The fourth-order valence-electron chi connectivity index (χ4n) is 2.75. The van der Waals surface area contributed by atoms with E-state index in [-0.39, 0.29) is 0 Å². The highest BCUT2D eigenvalue weighted by molar-refractivity contribution is 5.10. The number of nitrogens with one attached hydrogen (secondary N) is 1. The van der Waals surface area contributed by atoms with Crippen LogP contribution in [0.3, 0.4) is 0 Å². The van der Waals surface area contributed by atoms with Crippen molar-refractivity contribution in [3.63, 3.8) is 0 Å². The molecule has 0 amide bonds. The molecule has 0 bridgehead atoms. The molecule has 4 nitrogen and oxygen atoms in total. The van der Waals surface area contributed by atoms with Crippen LogP contribution in [0.25, 0.3) is 0 Å². The van der Waals surface area contributed by atoms with Crippen LogP contribution < -0.4 is 5.32 Å². The van der Waals surface area contributed by atoms with Crippen LogP contribution >= 0.6 is 0 Å². The smallest absolute Gasteiger partial charge is 0.0594 e. The van der Waals surface area contributed by atoms with E-state index < -0.39 is 0 Å². The van der Waals surface area contributed by atoms with E-state index >= 15 is 0 Å². The van der Waals surface area contributed by atoms with Gasteiger partial charge in [0.15, 0.2) is 0 Å². The molecule has 1 saturated heterocycles. The molecule has 2 heterocycles. The lowest BCUT2D eigenvalue weighted by Gasteiger charge is -2.27. The van der Waals surface area contributed by atoms with Crippen LogP contribution in [0.15, 0.2) is 12.3 Å². The van der Waals surface area contributed by atoms with E-state index in [9.17, 15) is 0 Å². The minimum absolute atomic E-state index is 0.333. The van der Waals surface area contributed by atoms with Gasteiger partial charge in [-0.25, -0.2) is 0 Å². The van der Waals surface area contributed by atoms with Crippen molar-refractivity contribution in [1.82, 2.24) is 15.1 Å². The first-order valence-corrected chi connectivity index (χ1v) is 6.64. The average molecular weight is 237 g/mol. The highest BCUT2D eigenvalue weighted by Crippen LogP contribution is 2.33. The Morgan fingerprint density at radius 2 is 2.41 bits per heavy atom. The Kier molecular flexibility index (Phi) is 4.18. The highest BCUT2D eigenvalue weighted by atomic mass is 16.5. The maximum absolute atomic E-state index is 5.69. The normalized spacial score (nSPS) is 26.3. The lowest BCUT2D eigenvalue weighted by atomic mass is 9.91. The van der Waals surface area contributed by atoms with E-state index in [1.807, 2.05) is 6.20 Å². The van der Waals surface area contributed by atoms with Crippen molar-refractivity contribution in [3.8, 4) is 0 Å². The Labute approximate surface area is 103 Å². The molecule has 1 aromatic heterocycles. The van der Waals surface area contributed by atoms with E-state index in [0.717, 1.165) is 26.1 Å². The standard InChI is InChI=1S/C13H23N3O/c1-4-14-13(11-7-9-17-10(11)3)12-6-8-15-16(12)5-2/h6,8,10-11,13-14H,4-5,7,9H2,1-3H3. The van der Waals surface area contributed by atoms with Crippen LogP contribution in [0.5, 0.6) is 0 Å². The van der Waals surface area contributed by atoms with E-state index in [0.29, 0.717) is 18.1 Å². The molecule has 0 spiro atoms. The van der Waals surface area contributed by atoms with Gasteiger partial charge in [-0.15, -0.1) is 0 Å². The summed E-state index contributed by atoms with van der Waals surface area (Å²) in [4.78, 5) is 0. The third kappa shape index (κ3) is 2.53. The van der Waals surface area contributed by atoms with Crippen LogP contribution in [0.1, 0.15) is 38.9 Å². The number of nitrogens with zero attached hydrogens (tertiary/aromatic N) is 2. The van der Waals surface area contributed by atoms with Gasteiger partial charge in [0.25, 0.3) is 0 Å². The summed E-state index contributed by atoms with van der Waals surface area (Å²) in [7, 11) is 0. The largest absolute Gasteiger partial charge is 0.378 e. The lowest BCUT2D eigenvalue weighted by Crippen LogP contribution is -2.33. The number of hydrogen-bond donors (Lipinski definition) is 1. The highest BCUT2D eigenvalue weighted by Gasteiger charge is 2.33. The van der Waals surface area contributed by atoms with Crippen molar-refractivity contribution < 1.29 is 4.74 Å². The Bertz CT molecular complexity index is 350. The molecule has 17 heavy (non-hydrogen) atoms. The maximum Gasteiger partial charge on any atom is 0.0594 e. The van der Waals surface area contributed by atoms with Crippen molar-refractivity contribution in [1.29, 1.82) is 0 Å². The van der Waals surface area contributed by atoms with E-state index in [1.54, 1.807) is 0 Å². The van der Waals surface area contributed by atoms with Crippen LogP contribution in [-0.4, -0.2) is 29.0 Å². The molecule has 1 aromatic rings. The van der Waals surface area contributed by atoms with Gasteiger partial charge in [-0.05, 0) is 32.9 Å². The molecule has 0 saturated carbocycles. The fraction of sp³-hybridized carbons (Fsp3) is 0.769. The fourth-order valence-corrected chi connectivity index (χ4v) is 2.75. The summed E-state index contributed by atoms with van der Waals surface area (Å²) in [5.74, 6) is 0.553. The summed E-state index contributed by atoms with van der Waals surface area (Å²) in [6, 6.07) is 2.49. The van der Waals surface area contributed by atoms with Gasteiger partial charge in [-0.1, -0.05) is 6.92 Å². The minimum Gasteiger partial charge on any atom is -0.378 e. The number of ether oxygens (including phenoxy) is 1. The first kappa shape index (κ1) is 12.6. The second-order valence-electron chi connectivity index (χ2n) is 4.64. The number of aromatic nitrogens is 2. The van der Waals surface area contributed by atoms with Crippen LogP contribution in [0.4, 0.5) is 0 Å². The van der Waals surface area contributed by atoms with Crippen molar-refractivity contribution in [3.05, 3.63) is 18.0 Å². The van der Waals surface area contributed by atoms with E-state index in [2.05, 4.69) is 41.9 Å². The van der Waals surface area contributed by atoms with Crippen molar-refractivity contribution in [2.75, 3.05) is 13.2 Å². The van der Waals surface area contributed by atoms with Gasteiger partial charge in [0.1, 0.15) is 0 Å². The minimum atomic E-state index is 0.333. The average Bonchev–Trinajstić information content (AvgIpc) is 2.94. The topological polar surface area (TPSA) is 39.1 Å². The molecule has 3 atom stereocenters. The van der Waals surface area contributed by atoms with Gasteiger partial charge >= 0.3 is 0 Å². The third-order valence-corrected chi connectivity index (χ3v) is 3.65. The Balaban J connectivity index is 2.22. The zero-order valence-electron chi connectivity index (χ0n) is 11.0. The molecule has 0 aromatic carbocycles. The Morgan fingerprint density at radius 1 is 1.59 bits per heavy atom. The van der Waals surface area contributed by atoms with Gasteiger partial charge < -0.3 is 10.1 Å². The lowest BCUT2D eigenvalue weighted by molar-refractivity contribution is 0.0945. The van der Waals surface area contributed by atoms with E-state index in [1.165, 1.54) is 5.69 Å². The van der Waals surface area contributed by atoms with Crippen LogP contribution in [0, 0.1) is 5.92 Å². The molecule has 96 valence electrons. The Morgan fingerprint density at radius 3 is 3.00 bits per heavy atom. The number of rotatable bonds is 5. The summed E-state index contributed by atoms with van der Waals surface area (Å²) >= 11 is 0. The quantitative estimate of drug-likeness (QED) is 0.851. The zero-order valence-corrected chi connectivity index (χ0v) is 11.0. The first-order chi connectivity index (χ1) is 8.27. The molecule has 0 radical (unpaired) electrons. The van der Waals surface area contributed by atoms with Crippen molar-refractivity contribution >= 4 is 0 Å². The SMILES string of the molecule is CCNC(c1ccnn1CC)C1CCOC1C. The molecule has 2 rings (SSSR count). The Hall–Kier alpha value is -0.870. The number of aryl methyl sites for hydroxylation is 1. The summed E-state index contributed by atoms with van der Waals surface area (Å²) in [6.07, 6.45) is 3.36. The molecule has 4 heteroatoms. The summed E-state index contributed by atoms with van der Waals surface area (Å²) in [5.41, 5.74) is 1.29. The summed E-state index contributed by atoms with van der Waals surface area (Å²) in [6.45, 7) is 9.24. The molecule has 1 N–H and O–H groups in total. The predicted octanol–water partition coefficient (Wildman–Crippen LogP) is 1.98. The van der Waals surface area contributed by atoms with E-state index in [4.69, 9.17) is 4.74 Å². The van der Waals surface area contributed by atoms with Gasteiger partial charge in [0, 0.05) is 25.3 Å². The third-order valence-electron chi connectivity index (χ3n) is 3.65. The molecule has 3 unspecified atom stereocenters. The molecule has 1 aliphatic heterocycles. The van der Waals surface area contributed by atoms with Crippen LogP contribution in [-0.2, 0) is 11.3 Å². The molecular formula is C13H23N3O. The van der Waals surface area contributed by atoms with Crippen molar-refractivity contribution in [2.45, 2.75) is 45.9 Å². The molecule has 1 aliphatic rings. The maximum atomic E-state index is 5.69. The molecule has 0 aliphatic carbocycles. The van der Waals surface area contributed by atoms with Crippen molar-refractivity contribution in [2.24, 2.45) is 5.92 Å². The zero-order chi connectivity index (χ0) is 12.3. The van der Waals surface area contributed by atoms with Gasteiger partial charge in [0.2, 0.25) is 0 Å². The monoisotopic (exact) mass is 237 g/mol. The van der Waals surface area contributed by atoms with Crippen LogP contribution in [0.2, 0.25) is 0 Å². The first-order valence-electron chi connectivity index (χ1n) is 6.64. The molecule has 1 fully saturated rings. The van der Waals surface area contributed by atoms with Gasteiger partial charge in [0.05, 0.1) is 17.8 Å². The van der Waals surface area contributed by atoms with Gasteiger partial charge in [-0.3, -0.25) is 4.68 Å². The summed E-state index contributed by atoms with van der Waals surface area (Å²) < 4.78 is 7.78. The number of hydrogen-bond acceptors (Lipinski definition) is 3. The molecular weight excluding hydrogens is 214 g/mol.